The summed E-state index contributed by atoms with van der Waals surface area (Å²) in [5.74, 6) is -0.272. The zero-order valence-electron chi connectivity index (χ0n) is 17.5. The lowest BCUT2D eigenvalue weighted by Crippen LogP contribution is -2.41. The van der Waals surface area contributed by atoms with Crippen LogP contribution in [0.1, 0.15) is 24.0 Å². The molecular weight excluding hydrogens is 432 g/mol. The van der Waals surface area contributed by atoms with Crippen LogP contribution >= 0.6 is 11.6 Å². The SMILES string of the molecule is Cc1ccc(N(CC(=O)NCC(C)c2ccccc2)S(=O)(=O)c2ccc(Cl)cc2)cc1. The van der Waals surface area contributed by atoms with Gasteiger partial charge >= 0.3 is 0 Å². The van der Waals surface area contributed by atoms with Gasteiger partial charge in [-0.1, -0.05) is 66.6 Å². The number of hydrogen-bond acceptors (Lipinski definition) is 3. The average Bonchev–Trinajstić information content (AvgIpc) is 2.77. The van der Waals surface area contributed by atoms with Crippen molar-refractivity contribution in [1.29, 1.82) is 0 Å². The fourth-order valence-corrected chi connectivity index (χ4v) is 4.66. The van der Waals surface area contributed by atoms with Crippen LogP contribution in [0.5, 0.6) is 0 Å². The van der Waals surface area contributed by atoms with Crippen molar-refractivity contribution in [3.63, 3.8) is 0 Å². The molecule has 0 bridgehead atoms. The van der Waals surface area contributed by atoms with Gasteiger partial charge in [-0.25, -0.2) is 8.42 Å². The van der Waals surface area contributed by atoms with Crippen LogP contribution in [-0.2, 0) is 14.8 Å². The number of sulfonamides is 1. The molecule has 0 spiro atoms. The van der Waals surface area contributed by atoms with Crippen LogP contribution in [0.15, 0.2) is 83.8 Å². The van der Waals surface area contributed by atoms with Gasteiger partial charge in [0.05, 0.1) is 10.6 Å². The van der Waals surface area contributed by atoms with E-state index in [2.05, 4.69) is 5.32 Å². The van der Waals surface area contributed by atoms with Gasteiger partial charge in [-0.3, -0.25) is 9.10 Å². The number of nitrogens with one attached hydrogen (secondary N) is 1. The second-order valence-corrected chi connectivity index (χ2v) is 9.72. The molecule has 0 fully saturated rings. The van der Waals surface area contributed by atoms with E-state index in [4.69, 9.17) is 11.6 Å². The first-order valence-electron chi connectivity index (χ1n) is 9.94. The summed E-state index contributed by atoms with van der Waals surface area (Å²) < 4.78 is 27.8. The van der Waals surface area contributed by atoms with E-state index < -0.39 is 10.0 Å². The van der Waals surface area contributed by atoms with Crippen LogP contribution < -0.4 is 9.62 Å². The zero-order chi connectivity index (χ0) is 22.4. The maximum absolute atomic E-state index is 13.3. The molecule has 162 valence electrons. The number of benzene rings is 3. The van der Waals surface area contributed by atoms with Crippen molar-refractivity contribution in [2.45, 2.75) is 24.7 Å². The molecule has 0 aliphatic heterocycles. The molecule has 3 rings (SSSR count). The van der Waals surface area contributed by atoms with Crippen molar-refractivity contribution in [3.8, 4) is 0 Å². The largest absolute Gasteiger partial charge is 0.354 e. The van der Waals surface area contributed by atoms with Gasteiger partial charge in [0.2, 0.25) is 5.91 Å². The molecule has 0 heterocycles. The average molecular weight is 457 g/mol. The third-order valence-corrected chi connectivity index (χ3v) is 7.02. The Morgan fingerprint density at radius 3 is 2.19 bits per heavy atom. The molecule has 7 heteroatoms. The number of carbonyl (C=O) groups excluding carboxylic acids is 1. The quantitative estimate of drug-likeness (QED) is 0.531. The van der Waals surface area contributed by atoms with Crippen LogP contribution in [0.2, 0.25) is 5.02 Å². The van der Waals surface area contributed by atoms with E-state index in [1.54, 1.807) is 12.1 Å². The predicted octanol–water partition coefficient (Wildman–Crippen LogP) is 4.76. The Balaban J connectivity index is 1.80. The van der Waals surface area contributed by atoms with Crippen LogP contribution in [0.25, 0.3) is 0 Å². The predicted molar refractivity (Wildman–Crippen MR) is 125 cm³/mol. The summed E-state index contributed by atoms with van der Waals surface area (Å²) in [7, 11) is -3.96. The van der Waals surface area contributed by atoms with E-state index in [1.165, 1.54) is 24.3 Å². The molecule has 1 N–H and O–H groups in total. The first-order valence-corrected chi connectivity index (χ1v) is 11.8. The van der Waals surface area contributed by atoms with Gasteiger partial charge in [0, 0.05) is 11.6 Å². The van der Waals surface area contributed by atoms with E-state index in [9.17, 15) is 13.2 Å². The summed E-state index contributed by atoms with van der Waals surface area (Å²) >= 11 is 5.91. The molecule has 1 unspecified atom stereocenters. The Morgan fingerprint density at radius 2 is 1.58 bits per heavy atom. The fourth-order valence-electron chi connectivity index (χ4n) is 3.11. The van der Waals surface area contributed by atoms with E-state index in [1.807, 2.05) is 56.3 Å². The van der Waals surface area contributed by atoms with Gasteiger partial charge in [0.1, 0.15) is 6.54 Å². The molecule has 0 aliphatic rings. The Kier molecular flexibility index (Phi) is 7.36. The highest BCUT2D eigenvalue weighted by molar-refractivity contribution is 7.92. The molecule has 3 aromatic rings. The Morgan fingerprint density at radius 1 is 0.968 bits per heavy atom. The highest BCUT2D eigenvalue weighted by Gasteiger charge is 2.27. The lowest BCUT2D eigenvalue weighted by Gasteiger charge is -2.24. The van der Waals surface area contributed by atoms with E-state index in [0.717, 1.165) is 15.4 Å². The highest BCUT2D eigenvalue weighted by Crippen LogP contribution is 2.25. The molecule has 31 heavy (non-hydrogen) atoms. The second-order valence-electron chi connectivity index (χ2n) is 7.42. The van der Waals surface area contributed by atoms with Crippen LogP contribution in [0.4, 0.5) is 5.69 Å². The van der Waals surface area contributed by atoms with E-state index >= 15 is 0 Å². The molecule has 0 saturated carbocycles. The van der Waals surface area contributed by atoms with Crippen LogP contribution in [0, 0.1) is 6.92 Å². The lowest BCUT2D eigenvalue weighted by atomic mass is 10.0. The number of halogens is 1. The molecule has 0 aliphatic carbocycles. The summed E-state index contributed by atoms with van der Waals surface area (Å²) in [4.78, 5) is 12.8. The maximum Gasteiger partial charge on any atom is 0.264 e. The van der Waals surface area contributed by atoms with Gasteiger partial charge < -0.3 is 5.32 Å². The normalized spacial score (nSPS) is 12.2. The second kappa shape index (κ2) is 9.98. The first-order chi connectivity index (χ1) is 14.8. The molecule has 5 nitrogen and oxygen atoms in total. The maximum atomic E-state index is 13.3. The lowest BCUT2D eigenvalue weighted by molar-refractivity contribution is -0.119. The Labute approximate surface area is 188 Å². The summed E-state index contributed by atoms with van der Waals surface area (Å²) in [6, 6.07) is 22.8. The van der Waals surface area contributed by atoms with Crippen molar-refractivity contribution in [3.05, 3.63) is 95.0 Å². The standard InChI is InChI=1S/C24H25ClN2O3S/c1-18-8-12-22(13-9-18)27(31(29,30)23-14-10-21(25)11-15-23)17-24(28)26-16-19(2)20-6-4-3-5-7-20/h3-15,19H,16-17H2,1-2H3,(H,26,28). The number of aryl methyl sites for hydroxylation is 1. The topological polar surface area (TPSA) is 66.5 Å². The van der Waals surface area contributed by atoms with Crippen LogP contribution in [-0.4, -0.2) is 27.4 Å². The molecule has 0 aromatic heterocycles. The molecule has 0 radical (unpaired) electrons. The van der Waals surface area contributed by atoms with E-state index in [-0.39, 0.29) is 23.3 Å². The highest BCUT2D eigenvalue weighted by atomic mass is 35.5. The van der Waals surface area contributed by atoms with Crippen molar-refractivity contribution in [2.24, 2.45) is 0 Å². The third-order valence-electron chi connectivity index (χ3n) is 4.98. The summed E-state index contributed by atoms with van der Waals surface area (Å²) in [5.41, 5.74) is 2.52. The minimum atomic E-state index is -3.96. The Bertz CT molecular complexity index is 1120. The third kappa shape index (κ3) is 5.87. The molecule has 3 aromatic carbocycles. The summed E-state index contributed by atoms with van der Waals surface area (Å²) in [6.45, 7) is 4.01. The number of amides is 1. The van der Waals surface area contributed by atoms with Crippen molar-refractivity contribution >= 4 is 33.2 Å². The van der Waals surface area contributed by atoms with Crippen LogP contribution in [0.3, 0.4) is 0 Å². The summed E-state index contributed by atoms with van der Waals surface area (Å²) in [6.07, 6.45) is 0. The smallest absolute Gasteiger partial charge is 0.264 e. The number of carbonyl (C=O) groups is 1. The number of rotatable bonds is 8. The fraction of sp³-hybridized carbons (Fsp3) is 0.208. The molecule has 1 amide bonds. The Hall–Kier alpha value is -2.83. The van der Waals surface area contributed by atoms with Gasteiger partial charge in [-0.2, -0.15) is 0 Å². The monoisotopic (exact) mass is 456 g/mol. The summed E-state index contributed by atoms with van der Waals surface area (Å²) in [5, 5.41) is 3.30. The van der Waals surface area contributed by atoms with Crippen molar-refractivity contribution in [2.75, 3.05) is 17.4 Å². The minimum Gasteiger partial charge on any atom is -0.354 e. The van der Waals surface area contributed by atoms with Gasteiger partial charge in [-0.05, 0) is 54.8 Å². The van der Waals surface area contributed by atoms with Gasteiger partial charge in [0.25, 0.3) is 10.0 Å². The van der Waals surface area contributed by atoms with Crippen molar-refractivity contribution < 1.29 is 13.2 Å². The first kappa shape index (κ1) is 22.8. The minimum absolute atomic E-state index is 0.0722. The van der Waals surface area contributed by atoms with Gasteiger partial charge in [0.15, 0.2) is 0 Å². The zero-order valence-corrected chi connectivity index (χ0v) is 19.0. The number of nitrogens with zero attached hydrogens (tertiary/aromatic N) is 1. The molecule has 1 atom stereocenters. The number of hydrogen-bond donors (Lipinski definition) is 1. The van der Waals surface area contributed by atoms with Gasteiger partial charge in [-0.15, -0.1) is 0 Å². The number of anilines is 1. The molecular formula is C24H25ClN2O3S. The molecule has 0 saturated heterocycles. The van der Waals surface area contributed by atoms with Crippen molar-refractivity contribution in [1.82, 2.24) is 5.32 Å². The van der Waals surface area contributed by atoms with E-state index in [0.29, 0.717) is 17.3 Å².